The molecule has 0 aromatic heterocycles. The summed E-state index contributed by atoms with van der Waals surface area (Å²) in [5.74, 6) is 3.23. The molecule has 91 heavy (non-hydrogen) atoms. The molecule has 6 aliphatic rings. The zero-order valence-electron chi connectivity index (χ0n) is 61.8. The Labute approximate surface area is 555 Å². The number of rotatable bonds is 8. The van der Waals surface area contributed by atoms with E-state index in [2.05, 4.69) is 301 Å². The third kappa shape index (κ3) is 19.3. The summed E-state index contributed by atoms with van der Waals surface area (Å²) in [5.41, 5.74) is 14.7. The maximum absolute atomic E-state index is 15.3. The van der Waals surface area contributed by atoms with Crippen LogP contribution in [-0.2, 0) is 0 Å². The van der Waals surface area contributed by atoms with Gasteiger partial charge in [-0.25, -0.2) is 4.39 Å². The van der Waals surface area contributed by atoms with Crippen LogP contribution in [0.4, 0.5) is 4.39 Å². The molecule has 6 fully saturated rings. The van der Waals surface area contributed by atoms with E-state index in [0.29, 0.717) is 29.6 Å². The first-order valence-electron chi connectivity index (χ1n) is 35.6. The molecular formula is C84H127FN6. The van der Waals surface area contributed by atoms with Gasteiger partial charge in [-0.3, -0.25) is 0 Å². The fraction of sp³-hybridized carbons (Fsp3) is 0.643. The molecule has 5 aromatic carbocycles. The van der Waals surface area contributed by atoms with Crippen LogP contribution in [0.25, 0.3) is 22.3 Å². The molecule has 6 saturated heterocycles. The van der Waals surface area contributed by atoms with E-state index < -0.39 is 0 Å². The SMILES string of the molecule is CC1(C)CC(c2ccc(-c3ccc(C4CC(C)(C)NC(C)(C)C4)c(F)c3)cc2)CC(C)(C)N1.CC1(C)CC(c2ccc(-c3ccc(C4CC(C)(C)NC(C)(C)C4)cc3)cc2)CC(C)(C)N1.CC1(C)CC(c2ccc(C3CC(C)(C)NC(C)(C)C3)cc2)CC(C)(C)N1. The van der Waals surface area contributed by atoms with E-state index in [1.54, 1.807) is 6.07 Å². The van der Waals surface area contributed by atoms with Crippen LogP contribution in [0.3, 0.4) is 0 Å². The van der Waals surface area contributed by atoms with Crippen LogP contribution in [-0.4, -0.2) is 66.5 Å². The zero-order chi connectivity index (χ0) is 67.0. The van der Waals surface area contributed by atoms with Gasteiger partial charge in [-0.05, 0) is 340 Å². The van der Waals surface area contributed by atoms with Gasteiger partial charge in [0.1, 0.15) is 5.82 Å². The van der Waals surface area contributed by atoms with E-state index in [1.807, 2.05) is 6.07 Å². The first-order chi connectivity index (χ1) is 41.6. The third-order valence-electron chi connectivity index (χ3n) is 21.3. The number of piperidine rings is 6. The lowest BCUT2D eigenvalue weighted by atomic mass is 9.71. The normalized spacial score (nSPS) is 25.6. The lowest BCUT2D eigenvalue weighted by molar-refractivity contribution is 0.160. The van der Waals surface area contributed by atoms with Crippen LogP contribution in [0.2, 0.25) is 0 Å². The highest BCUT2D eigenvalue weighted by Gasteiger charge is 2.44. The summed E-state index contributed by atoms with van der Waals surface area (Å²) in [4.78, 5) is 0. The van der Waals surface area contributed by atoms with Gasteiger partial charge in [-0.2, -0.15) is 0 Å². The topological polar surface area (TPSA) is 72.2 Å². The Morgan fingerprint density at radius 1 is 0.220 bits per heavy atom. The molecule has 6 heterocycles. The van der Waals surface area contributed by atoms with Gasteiger partial charge in [0.15, 0.2) is 0 Å². The van der Waals surface area contributed by atoms with Gasteiger partial charge >= 0.3 is 0 Å². The van der Waals surface area contributed by atoms with E-state index in [1.165, 1.54) is 90.3 Å². The maximum Gasteiger partial charge on any atom is 0.127 e. The summed E-state index contributed by atoms with van der Waals surface area (Å²) in [5, 5.41) is 22.7. The molecule has 0 bridgehead atoms. The highest BCUT2D eigenvalue weighted by atomic mass is 19.1. The Kier molecular flexibility index (Phi) is 19.9. The van der Waals surface area contributed by atoms with Crippen molar-refractivity contribution in [1.29, 1.82) is 0 Å². The fourth-order valence-corrected chi connectivity index (χ4v) is 20.3. The second kappa shape index (κ2) is 25.4. The molecule has 0 radical (unpaired) electrons. The Morgan fingerprint density at radius 2 is 0.374 bits per heavy atom. The van der Waals surface area contributed by atoms with Crippen molar-refractivity contribution in [2.24, 2.45) is 0 Å². The number of benzene rings is 5. The van der Waals surface area contributed by atoms with Crippen LogP contribution in [0.5, 0.6) is 0 Å². The minimum Gasteiger partial charge on any atom is -0.307 e. The number of nitrogens with one attached hydrogen (secondary N) is 6. The average molecular weight is 1240 g/mol. The van der Waals surface area contributed by atoms with Gasteiger partial charge in [0.05, 0.1) is 0 Å². The summed E-state index contributed by atoms with van der Waals surface area (Å²) in [7, 11) is 0. The molecule has 0 unspecified atom stereocenters. The lowest BCUT2D eigenvalue weighted by Crippen LogP contribution is -2.57. The minimum absolute atomic E-state index is 0.00509. The predicted molar refractivity (Wildman–Crippen MR) is 390 cm³/mol. The molecule has 0 amide bonds. The van der Waals surface area contributed by atoms with Crippen molar-refractivity contribution in [3.8, 4) is 22.3 Å². The highest BCUT2D eigenvalue weighted by Crippen LogP contribution is 2.47. The van der Waals surface area contributed by atoms with Crippen LogP contribution in [0.15, 0.2) is 115 Å². The fourth-order valence-electron chi connectivity index (χ4n) is 20.3. The second-order valence-electron chi connectivity index (χ2n) is 38.3. The van der Waals surface area contributed by atoms with Crippen molar-refractivity contribution >= 4 is 0 Å². The van der Waals surface area contributed by atoms with Crippen molar-refractivity contribution in [3.05, 3.63) is 154 Å². The average Bonchev–Trinajstić information content (AvgIpc) is 0.826. The number of halogens is 1. The lowest BCUT2D eigenvalue weighted by Gasteiger charge is -2.47. The summed E-state index contributed by atoms with van der Waals surface area (Å²) >= 11 is 0. The molecule has 0 saturated carbocycles. The standard InChI is InChI=1S/C30H43FN2.C30H44N2.C24H40N2/c1-27(2)16-23(17-28(3,4)32-27)21-11-9-20(10-12-21)22-13-14-25(26(31)15-22)24-18-29(5,6)33-30(7,8)19-24;1-27(2)17-25(18-28(3,4)31-27)23-13-9-21(10-14-23)22-11-15-24(16-12-22)26-19-29(5,6)32-30(7,8)20-26;1-21(2)13-19(14-22(3,4)25-21)17-9-11-18(12-10-17)20-15-23(5,6)26-24(7,8)16-20/h9-15,23-24,32-33H,16-19H2,1-8H3;9-16,25-26,31-32H,17-20H2,1-8H3;9-12,19-20,25-26H,13-16H2,1-8H3. The first-order valence-corrected chi connectivity index (χ1v) is 35.6. The summed E-state index contributed by atoms with van der Waals surface area (Å²) in [6, 6.07) is 43.1. The molecule has 6 nitrogen and oxygen atoms in total. The molecule has 0 aliphatic carbocycles. The van der Waals surface area contributed by atoms with E-state index in [0.717, 1.165) is 42.4 Å². The molecule has 6 aliphatic heterocycles. The van der Waals surface area contributed by atoms with E-state index in [9.17, 15) is 0 Å². The highest BCUT2D eigenvalue weighted by molar-refractivity contribution is 5.65. The quantitative estimate of drug-likeness (QED) is 0.0930. The Bertz CT molecular complexity index is 3030. The van der Waals surface area contributed by atoms with Crippen molar-refractivity contribution in [2.45, 2.75) is 345 Å². The summed E-state index contributed by atoms with van der Waals surface area (Å²) in [6.45, 7) is 55.5. The summed E-state index contributed by atoms with van der Waals surface area (Å²) < 4.78 is 15.3. The molecule has 0 atom stereocenters. The van der Waals surface area contributed by atoms with Crippen LogP contribution >= 0.6 is 0 Å². The minimum atomic E-state index is -0.0723. The molecule has 7 heteroatoms. The van der Waals surface area contributed by atoms with Gasteiger partial charge in [-0.1, -0.05) is 109 Å². The predicted octanol–water partition coefficient (Wildman–Crippen LogP) is 20.7. The Balaban J connectivity index is 0.000000163. The van der Waals surface area contributed by atoms with Crippen molar-refractivity contribution in [3.63, 3.8) is 0 Å². The van der Waals surface area contributed by atoms with Gasteiger partial charge in [0, 0.05) is 66.5 Å². The molecule has 0 spiro atoms. The molecule has 11 rings (SSSR count). The van der Waals surface area contributed by atoms with Crippen molar-refractivity contribution < 1.29 is 4.39 Å². The smallest absolute Gasteiger partial charge is 0.127 e. The van der Waals surface area contributed by atoms with Crippen LogP contribution < -0.4 is 31.9 Å². The van der Waals surface area contributed by atoms with E-state index in [4.69, 9.17) is 0 Å². The van der Waals surface area contributed by atoms with Gasteiger partial charge < -0.3 is 31.9 Å². The third-order valence-corrected chi connectivity index (χ3v) is 21.3. The zero-order valence-corrected chi connectivity index (χ0v) is 61.8. The van der Waals surface area contributed by atoms with Crippen molar-refractivity contribution in [2.75, 3.05) is 0 Å². The molecular weight excluding hydrogens is 1110 g/mol. The van der Waals surface area contributed by atoms with Crippen LogP contribution in [0, 0.1) is 5.82 Å². The number of hydrogen-bond donors (Lipinski definition) is 6. The second-order valence-corrected chi connectivity index (χ2v) is 38.3. The van der Waals surface area contributed by atoms with E-state index >= 15 is 4.39 Å². The number of hydrogen-bond acceptors (Lipinski definition) is 6. The van der Waals surface area contributed by atoms with Gasteiger partial charge in [-0.15, -0.1) is 0 Å². The first kappa shape index (κ1) is 71.1. The van der Waals surface area contributed by atoms with Gasteiger partial charge in [0.2, 0.25) is 0 Å². The Hall–Kier alpha value is -4.21. The van der Waals surface area contributed by atoms with Crippen LogP contribution in [0.1, 0.15) is 312 Å². The molecule has 5 aromatic rings. The Morgan fingerprint density at radius 3 is 0.560 bits per heavy atom. The molecule has 500 valence electrons. The summed E-state index contributed by atoms with van der Waals surface area (Å²) in [6.07, 6.45) is 13.7. The monoisotopic (exact) mass is 1240 g/mol. The largest absolute Gasteiger partial charge is 0.307 e. The maximum atomic E-state index is 15.3. The van der Waals surface area contributed by atoms with Crippen molar-refractivity contribution in [1.82, 2.24) is 31.9 Å². The van der Waals surface area contributed by atoms with E-state index in [-0.39, 0.29) is 78.2 Å². The van der Waals surface area contributed by atoms with Gasteiger partial charge in [0.25, 0.3) is 0 Å². The molecule has 6 N–H and O–H groups in total.